The van der Waals surface area contributed by atoms with E-state index in [1.165, 1.54) is 0 Å². The number of amides is 1. The highest BCUT2D eigenvalue weighted by atomic mass is 79.9. The van der Waals surface area contributed by atoms with Crippen LogP contribution in [0.1, 0.15) is 19.8 Å². The summed E-state index contributed by atoms with van der Waals surface area (Å²) in [7, 11) is 0. The van der Waals surface area contributed by atoms with Gasteiger partial charge in [-0.3, -0.25) is 4.79 Å². The van der Waals surface area contributed by atoms with E-state index in [1.54, 1.807) is 12.1 Å². The minimum atomic E-state index is -0.115. The van der Waals surface area contributed by atoms with Crippen LogP contribution in [0.15, 0.2) is 16.6 Å². The summed E-state index contributed by atoms with van der Waals surface area (Å²) < 4.78 is 11.7. The van der Waals surface area contributed by atoms with Crippen molar-refractivity contribution >= 4 is 27.5 Å². The summed E-state index contributed by atoms with van der Waals surface area (Å²) in [6.07, 6.45) is 1.08. The van der Waals surface area contributed by atoms with E-state index in [1.807, 2.05) is 6.92 Å². The Morgan fingerprint density at radius 1 is 1.42 bits per heavy atom. The fourth-order valence-corrected chi connectivity index (χ4v) is 2.16. The molecule has 0 bridgehead atoms. The normalized spacial score (nSPS) is 14.9. The van der Waals surface area contributed by atoms with Crippen molar-refractivity contribution in [2.24, 2.45) is 5.73 Å². The van der Waals surface area contributed by atoms with Crippen LogP contribution in [0.25, 0.3) is 0 Å². The third-order valence-electron chi connectivity index (χ3n) is 2.88. The van der Waals surface area contributed by atoms with Gasteiger partial charge in [-0.1, -0.05) is 6.92 Å². The summed E-state index contributed by atoms with van der Waals surface area (Å²) in [5, 5.41) is 2.82. The average Bonchev–Trinajstić information content (AvgIpc) is 2.39. The number of carbonyl (C=O) groups is 1. The summed E-state index contributed by atoms with van der Waals surface area (Å²) in [5.41, 5.74) is 6.42. The lowest BCUT2D eigenvalue weighted by molar-refractivity contribution is -0.116. The zero-order valence-electron chi connectivity index (χ0n) is 10.7. The average molecular weight is 329 g/mol. The molecule has 0 spiro atoms. The lowest BCUT2D eigenvalue weighted by Gasteiger charge is -2.20. The molecule has 5 nitrogen and oxygen atoms in total. The Bertz CT molecular complexity index is 479. The summed E-state index contributed by atoms with van der Waals surface area (Å²) in [5.74, 6) is 1.22. The van der Waals surface area contributed by atoms with Crippen LogP contribution < -0.4 is 20.5 Å². The lowest BCUT2D eigenvalue weighted by atomic mass is 10.1. The SMILES string of the molecule is CCC(N)CC(=O)Nc1cc2c(cc1Br)OCCO2. The zero-order valence-corrected chi connectivity index (χ0v) is 12.3. The summed E-state index contributed by atoms with van der Waals surface area (Å²) in [4.78, 5) is 11.8. The first-order valence-corrected chi connectivity index (χ1v) is 7.04. The van der Waals surface area contributed by atoms with Gasteiger partial charge >= 0.3 is 0 Å². The molecular formula is C13H17BrN2O3. The Kier molecular flexibility index (Phi) is 4.66. The fraction of sp³-hybridized carbons (Fsp3) is 0.462. The standard InChI is InChI=1S/C13H17BrN2O3/c1-2-8(15)5-13(17)16-10-7-12-11(6-9(10)14)18-3-4-19-12/h6-8H,2-5,15H2,1H3,(H,16,17). The van der Waals surface area contributed by atoms with E-state index in [0.29, 0.717) is 36.8 Å². The van der Waals surface area contributed by atoms with E-state index in [2.05, 4.69) is 21.2 Å². The third-order valence-corrected chi connectivity index (χ3v) is 3.53. The molecule has 104 valence electrons. The van der Waals surface area contributed by atoms with Gasteiger partial charge in [-0.15, -0.1) is 0 Å². The maximum atomic E-state index is 11.8. The number of ether oxygens (including phenoxy) is 2. The maximum Gasteiger partial charge on any atom is 0.225 e. The van der Waals surface area contributed by atoms with Gasteiger partial charge in [-0.05, 0) is 22.4 Å². The highest BCUT2D eigenvalue weighted by molar-refractivity contribution is 9.10. The quantitative estimate of drug-likeness (QED) is 0.889. The molecular weight excluding hydrogens is 312 g/mol. The molecule has 1 aromatic carbocycles. The number of nitrogens with two attached hydrogens (primary N) is 1. The number of benzene rings is 1. The Hall–Kier alpha value is -1.27. The topological polar surface area (TPSA) is 73.6 Å². The van der Waals surface area contributed by atoms with E-state index >= 15 is 0 Å². The van der Waals surface area contributed by atoms with Crippen LogP contribution in [-0.2, 0) is 4.79 Å². The highest BCUT2D eigenvalue weighted by Crippen LogP contribution is 2.38. The monoisotopic (exact) mass is 328 g/mol. The predicted molar refractivity (Wildman–Crippen MR) is 76.6 cm³/mol. The number of anilines is 1. The maximum absolute atomic E-state index is 11.8. The Labute approximate surface area is 120 Å². The molecule has 1 unspecified atom stereocenters. The molecule has 0 fully saturated rings. The highest BCUT2D eigenvalue weighted by Gasteiger charge is 2.16. The Balaban J connectivity index is 2.10. The number of fused-ring (bicyclic) bond motifs is 1. The first kappa shape index (κ1) is 14.1. The number of hydrogen-bond donors (Lipinski definition) is 2. The first-order chi connectivity index (χ1) is 9.10. The number of hydrogen-bond acceptors (Lipinski definition) is 4. The molecule has 1 heterocycles. The van der Waals surface area contributed by atoms with Crippen molar-refractivity contribution in [3.63, 3.8) is 0 Å². The van der Waals surface area contributed by atoms with Gasteiger partial charge in [0.05, 0.1) is 5.69 Å². The van der Waals surface area contributed by atoms with Gasteiger partial charge in [0.15, 0.2) is 11.5 Å². The molecule has 2 rings (SSSR count). The van der Waals surface area contributed by atoms with Gasteiger partial charge in [0, 0.05) is 29.1 Å². The van der Waals surface area contributed by atoms with Gasteiger partial charge < -0.3 is 20.5 Å². The lowest BCUT2D eigenvalue weighted by Crippen LogP contribution is -2.26. The molecule has 1 amide bonds. The second-order valence-corrected chi connectivity index (χ2v) is 5.25. The molecule has 0 aliphatic carbocycles. The van der Waals surface area contributed by atoms with Gasteiger partial charge in [0.2, 0.25) is 5.91 Å². The fourth-order valence-electron chi connectivity index (χ4n) is 1.74. The summed E-state index contributed by atoms with van der Waals surface area (Å²) in [6, 6.07) is 3.44. The van der Waals surface area contributed by atoms with E-state index < -0.39 is 0 Å². The van der Waals surface area contributed by atoms with Crippen molar-refractivity contribution in [3.05, 3.63) is 16.6 Å². The smallest absolute Gasteiger partial charge is 0.225 e. The second kappa shape index (κ2) is 6.25. The third kappa shape index (κ3) is 3.61. The molecule has 0 aromatic heterocycles. The molecule has 1 aromatic rings. The van der Waals surface area contributed by atoms with Crippen LogP contribution in [0.4, 0.5) is 5.69 Å². The summed E-state index contributed by atoms with van der Waals surface area (Å²) in [6.45, 7) is 3.01. The van der Waals surface area contributed by atoms with E-state index in [9.17, 15) is 4.79 Å². The van der Waals surface area contributed by atoms with Gasteiger partial charge in [0.25, 0.3) is 0 Å². The molecule has 19 heavy (non-hydrogen) atoms. The van der Waals surface area contributed by atoms with E-state index in [0.717, 1.165) is 10.9 Å². The van der Waals surface area contributed by atoms with Crippen molar-refractivity contribution in [1.29, 1.82) is 0 Å². The van der Waals surface area contributed by atoms with Crippen LogP contribution in [0.2, 0.25) is 0 Å². The van der Waals surface area contributed by atoms with Crippen LogP contribution in [0.5, 0.6) is 11.5 Å². The van der Waals surface area contributed by atoms with Crippen LogP contribution in [0.3, 0.4) is 0 Å². The van der Waals surface area contributed by atoms with Crippen molar-refractivity contribution in [3.8, 4) is 11.5 Å². The molecule has 1 aliphatic rings. The van der Waals surface area contributed by atoms with Crippen molar-refractivity contribution < 1.29 is 14.3 Å². The zero-order chi connectivity index (χ0) is 13.8. The number of carbonyl (C=O) groups excluding carboxylic acids is 1. The molecule has 1 atom stereocenters. The Morgan fingerprint density at radius 2 is 2.05 bits per heavy atom. The largest absolute Gasteiger partial charge is 0.486 e. The summed E-state index contributed by atoms with van der Waals surface area (Å²) >= 11 is 3.41. The Morgan fingerprint density at radius 3 is 2.68 bits per heavy atom. The van der Waals surface area contributed by atoms with Crippen LogP contribution in [-0.4, -0.2) is 25.2 Å². The number of rotatable bonds is 4. The molecule has 0 saturated carbocycles. The molecule has 3 N–H and O–H groups in total. The minimum absolute atomic E-state index is 0.105. The molecule has 0 radical (unpaired) electrons. The minimum Gasteiger partial charge on any atom is -0.486 e. The predicted octanol–water partition coefficient (Wildman–Crippen LogP) is 2.29. The van der Waals surface area contributed by atoms with E-state index in [4.69, 9.17) is 15.2 Å². The molecule has 1 aliphatic heterocycles. The van der Waals surface area contributed by atoms with Crippen LogP contribution >= 0.6 is 15.9 Å². The number of nitrogens with one attached hydrogen (secondary N) is 1. The first-order valence-electron chi connectivity index (χ1n) is 6.24. The van der Waals surface area contributed by atoms with Gasteiger partial charge in [0.1, 0.15) is 13.2 Å². The van der Waals surface area contributed by atoms with Gasteiger partial charge in [-0.25, -0.2) is 0 Å². The van der Waals surface area contributed by atoms with Gasteiger partial charge in [-0.2, -0.15) is 0 Å². The van der Waals surface area contributed by atoms with Crippen molar-refractivity contribution in [1.82, 2.24) is 0 Å². The molecule has 6 heteroatoms. The second-order valence-electron chi connectivity index (χ2n) is 4.40. The van der Waals surface area contributed by atoms with Crippen molar-refractivity contribution in [2.75, 3.05) is 18.5 Å². The number of halogens is 1. The molecule has 0 saturated heterocycles. The van der Waals surface area contributed by atoms with E-state index in [-0.39, 0.29) is 11.9 Å². The van der Waals surface area contributed by atoms with Crippen LogP contribution in [0, 0.1) is 0 Å². The van der Waals surface area contributed by atoms with Crippen molar-refractivity contribution in [2.45, 2.75) is 25.8 Å².